The van der Waals surface area contributed by atoms with Crippen LogP contribution < -0.4 is 0 Å². The number of hydrogen-bond acceptors (Lipinski definition) is 4. The highest BCUT2D eigenvalue weighted by atomic mass is 16.3. The van der Waals surface area contributed by atoms with E-state index in [1.165, 1.54) is 0 Å². The molecule has 2 heterocycles. The molecule has 0 bridgehead atoms. The Balaban J connectivity index is 1.94. The van der Waals surface area contributed by atoms with Gasteiger partial charge in [-0.3, -0.25) is 9.59 Å². The number of piperazine rings is 1. The first-order valence-electron chi connectivity index (χ1n) is 10.3. The molecular weight excluding hydrogens is 342 g/mol. The zero-order chi connectivity index (χ0) is 19.8. The van der Waals surface area contributed by atoms with Gasteiger partial charge < -0.3 is 19.1 Å². The second kappa shape index (κ2) is 10.5. The van der Waals surface area contributed by atoms with Crippen molar-refractivity contribution in [3.8, 4) is 0 Å². The summed E-state index contributed by atoms with van der Waals surface area (Å²) >= 11 is 0. The minimum absolute atomic E-state index is 0.0240. The van der Waals surface area contributed by atoms with Crippen LogP contribution in [0.1, 0.15) is 61.4 Å². The number of amides is 2. The topological polar surface area (TPSA) is 57.0 Å². The van der Waals surface area contributed by atoms with Gasteiger partial charge in [-0.05, 0) is 32.9 Å². The lowest BCUT2D eigenvalue weighted by Crippen LogP contribution is -2.49. The second-order valence-electron chi connectivity index (χ2n) is 7.39. The summed E-state index contributed by atoms with van der Waals surface area (Å²) in [4.78, 5) is 31.7. The van der Waals surface area contributed by atoms with Gasteiger partial charge in [0.2, 0.25) is 5.91 Å². The molecule has 2 rings (SSSR count). The highest BCUT2D eigenvalue weighted by Crippen LogP contribution is 2.17. The zero-order valence-corrected chi connectivity index (χ0v) is 17.4. The third-order valence-corrected chi connectivity index (χ3v) is 5.36. The molecule has 0 saturated carbocycles. The summed E-state index contributed by atoms with van der Waals surface area (Å²) in [6, 6.07) is 1.80. The summed E-state index contributed by atoms with van der Waals surface area (Å²) in [6.45, 7) is 13.6. The highest BCUT2D eigenvalue weighted by Gasteiger charge is 2.24. The summed E-state index contributed by atoms with van der Waals surface area (Å²) in [5.41, 5.74) is 0.619. The Hall–Kier alpha value is -1.82. The number of carbonyl (C=O) groups excluding carboxylic acids is 2. The van der Waals surface area contributed by atoms with Crippen LogP contribution in [0.2, 0.25) is 0 Å². The molecule has 1 saturated heterocycles. The van der Waals surface area contributed by atoms with E-state index in [1.54, 1.807) is 6.07 Å². The normalized spacial score (nSPS) is 15.2. The minimum atomic E-state index is -0.0240. The fourth-order valence-corrected chi connectivity index (χ4v) is 3.58. The third kappa shape index (κ3) is 6.09. The van der Waals surface area contributed by atoms with Crippen LogP contribution in [0.25, 0.3) is 0 Å². The van der Waals surface area contributed by atoms with Crippen LogP contribution in [0.4, 0.5) is 0 Å². The lowest BCUT2D eigenvalue weighted by atomic mass is 10.1. The lowest BCUT2D eigenvalue weighted by molar-refractivity contribution is -0.133. The number of hydrogen-bond donors (Lipinski definition) is 0. The average molecular weight is 378 g/mol. The summed E-state index contributed by atoms with van der Waals surface area (Å²) in [7, 11) is 0. The van der Waals surface area contributed by atoms with Crippen LogP contribution in [0.5, 0.6) is 0 Å². The fourth-order valence-electron chi connectivity index (χ4n) is 3.58. The number of aryl methyl sites for hydroxylation is 2. The molecule has 0 radical (unpaired) electrons. The molecule has 0 aliphatic carbocycles. The van der Waals surface area contributed by atoms with Crippen molar-refractivity contribution in [2.24, 2.45) is 0 Å². The molecule has 1 aliphatic rings. The molecule has 0 aromatic carbocycles. The summed E-state index contributed by atoms with van der Waals surface area (Å²) < 4.78 is 5.53. The highest BCUT2D eigenvalue weighted by molar-refractivity contribution is 5.95. The van der Waals surface area contributed by atoms with Crippen molar-refractivity contribution < 1.29 is 14.0 Å². The summed E-state index contributed by atoms with van der Waals surface area (Å²) in [6.07, 6.45) is 3.54. The molecule has 152 valence electrons. The Bertz CT molecular complexity index is 618. The van der Waals surface area contributed by atoms with Crippen LogP contribution >= 0.6 is 0 Å². The predicted molar refractivity (Wildman–Crippen MR) is 107 cm³/mol. The van der Waals surface area contributed by atoms with Gasteiger partial charge in [0.1, 0.15) is 11.5 Å². The van der Waals surface area contributed by atoms with E-state index in [1.807, 2.05) is 23.6 Å². The van der Waals surface area contributed by atoms with Crippen molar-refractivity contribution in [1.29, 1.82) is 0 Å². The molecule has 0 atom stereocenters. The Kier molecular flexibility index (Phi) is 8.35. The zero-order valence-electron chi connectivity index (χ0n) is 17.4. The van der Waals surface area contributed by atoms with E-state index in [2.05, 4.69) is 18.7 Å². The molecule has 1 aliphatic heterocycles. The second-order valence-corrected chi connectivity index (χ2v) is 7.39. The molecule has 6 nitrogen and oxygen atoms in total. The Morgan fingerprint density at radius 1 is 1.07 bits per heavy atom. The maximum Gasteiger partial charge on any atom is 0.257 e. The predicted octanol–water partition coefficient (Wildman–Crippen LogP) is 3.08. The minimum Gasteiger partial charge on any atom is -0.466 e. The quantitative estimate of drug-likeness (QED) is 0.621. The molecular formula is C21H35N3O3. The first kappa shape index (κ1) is 21.5. The average Bonchev–Trinajstić information content (AvgIpc) is 3.02. The van der Waals surface area contributed by atoms with Gasteiger partial charge in [0.15, 0.2) is 0 Å². The van der Waals surface area contributed by atoms with Crippen molar-refractivity contribution in [3.63, 3.8) is 0 Å². The van der Waals surface area contributed by atoms with Crippen LogP contribution in [0.3, 0.4) is 0 Å². The number of rotatable bonds is 9. The SMILES string of the molecule is CCCCCN(CCC(=O)N1CCN(CC)CC1)C(=O)c1cc(C)oc1C. The number of unbranched alkanes of at least 4 members (excludes halogenated alkanes) is 2. The van der Waals surface area contributed by atoms with Crippen molar-refractivity contribution in [3.05, 3.63) is 23.2 Å². The maximum absolute atomic E-state index is 13.0. The molecule has 1 aromatic rings. The van der Waals surface area contributed by atoms with Crippen LogP contribution in [-0.2, 0) is 4.79 Å². The molecule has 1 fully saturated rings. The van der Waals surface area contributed by atoms with Gasteiger partial charge in [-0.15, -0.1) is 0 Å². The van der Waals surface area contributed by atoms with Gasteiger partial charge in [-0.25, -0.2) is 0 Å². The van der Waals surface area contributed by atoms with E-state index < -0.39 is 0 Å². The standard InChI is InChI=1S/C21H35N3O3/c1-5-7-8-10-24(21(26)19-16-17(3)27-18(19)4)11-9-20(25)23-14-12-22(6-2)13-15-23/h16H,5-15H2,1-4H3. The Morgan fingerprint density at radius 3 is 2.33 bits per heavy atom. The molecule has 0 N–H and O–H groups in total. The van der Waals surface area contributed by atoms with E-state index in [-0.39, 0.29) is 11.8 Å². The van der Waals surface area contributed by atoms with E-state index in [0.717, 1.165) is 57.7 Å². The molecule has 2 amide bonds. The van der Waals surface area contributed by atoms with Crippen LogP contribution in [-0.4, -0.2) is 72.3 Å². The number of likely N-dealkylation sites (N-methyl/N-ethyl adjacent to an activating group) is 1. The van der Waals surface area contributed by atoms with Gasteiger partial charge in [0, 0.05) is 45.7 Å². The van der Waals surface area contributed by atoms with E-state index in [9.17, 15) is 9.59 Å². The van der Waals surface area contributed by atoms with Gasteiger partial charge in [0.05, 0.1) is 5.56 Å². The van der Waals surface area contributed by atoms with E-state index in [4.69, 9.17) is 4.42 Å². The van der Waals surface area contributed by atoms with Crippen LogP contribution in [0.15, 0.2) is 10.5 Å². The van der Waals surface area contributed by atoms with Gasteiger partial charge in [0.25, 0.3) is 5.91 Å². The summed E-state index contributed by atoms with van der Waals surface area (Å²) in [5.74, 6) is 1.53. The van der Waals surface area contributed by atoms with E-state index >= 15 is 0 Å². The maximum atomic E-state index is 13.0. The summed E-state index contributed by atoms with van der Waals surface area (Å²) in [5, 5.41) is 0. The fraction of sp³-hybridized carbons (Fsp3) is 0.714. The molecule has 1 aromatic heterocycles. The number of furan rings is 1. The number of nitrogens with zero attached hydrogens (tertiary/aromatic N) is 3. The van der Waals surface area contributed by atoms with Crippen LogP contribution in [0, 0.1) is 13.8 Å². The Labute approximate surface area is 163 Å². The molecule has 6 heteroatoms. The largest absolute Gasteiger partial charge is 0.466 e. The molecule has 0 unspecified atom stereocenters. The Morgan fingerprint density at radius 2 is 1.78 bits per heavy atom. The first-order chi connectivity index (χ1) is 13.0. The van der Waals surface area contributed by atoms with Gasteiger partial charge in [-0.1, -0.05) is 26.7 Å². The van der Waals surface area contributed by atoms with E-state index in [0.29, 0.717) is 30.8 Å². The van der Waals surface area contributed by atoms with Crippen molar-refractivity contribution in [2.75, 3.05) is 45.8 Å². The van der Waals surface area contributed by atoms with Crippen molar-refractivity contribution in [2.45, 2.75) is 53.4 Å². The van der Waals surface area contributed by atoms with Crippen molar-refractivity contribution >= 4 is 11.8 Å². The van der Waals surface area contributed by atoms with Gasteiger partial charge in [-0.2, -0.15) is 0 Å². The lowest BCUT2D eigenvalue weighted by Gasteiger charge is -2.34. The molecule has 0 spiro atoms. The monoisotopic (exact) mass is 377 g/mol. The van der Waals surface area contributed by atoms with Gasteiger partial charge >= 0.3 is 0 Å². The first-order valence-corrected chi connectivity index (χ1v) is 10.3. The number of carbonyl (C=O) groups is 2. The van der Waals surface area contributed by atoms with Crippen molar-refractivity contribution in [1.82, 2.24) is 14.7 Å². The molecule has 27 heavy (non-hydrogen) atoms. The smallest absolute Gasteiger partial charge is 0.257 e. The third-order valence-electron chi connectivity index (χ3n) is 5.36.